The van der Waals surface area contributed by atoms with Crippen LogP contribution in [0.5, 0.6) is 0 Å². The third kappa shape index (κ3) is 2.47. The van der Waals surface area contributed by atoms with Gasteiger partial charge in [0.2, 0.25) is 0 Å². The molecule has 0 aromatic carbocycles. The number of hydrogen-bond donors (Lipinski definition) is 2. The number of anilines is 1. The Labute approximate surface area is 72.8 Å². The lowest BCUT2D eigenvalue weighted by Crippen LogP contribution is -2.08. The number of nitrogens with two attached hydrogens (primary N) is 1. The van der Waals surface area contributed by atoms with E-state index in [1.807, 2.05) is 0 Å². The van der Waals surface area contributed by atoms with Gasteiger partial charge >= 0.3 is 0 Å². The van der Waals surface area contributed by atoms with Gasteiger partial charge in [-0.25, -0.2) is 15.8 Å². The number of aromatic nitrogens is 2. The zero-order valence-corrected chi connectivity index (χ0v) is 7.32. The maximum atomic E-state index is 5.03. The Balaban J connectivity index is 0.000000810. The normalized spacial score (nSPS) is 8.20. The van der Waals surface area contributed by atoms with Crippen molar-refractivity contribution in [2.45, 2.75) is 0 Å². The summed E-state index contributed by atoms with van der Waals surface area (Å²) in [6.07, 6.45) is 3.10. The third-order valence-electron chi connectivity index (χ3n) is 0.768. The summed E-state index contributed by atoms with van der Waals surface area (Å²) in [5.41, 5.74) is 2.36. The van der Waals surface area contributed by atoms with Crippen molar-refractivity contribution < 1.29 is 0 Å². The maximum absolute atomic E-state index is 5.03. The lowest BCUT2D eigenvalue weighted by molar-refractivity contribution is 1.13. The van der Waals surface area contributed by atoms with Crippen LogP contribution in [0.2, 0.25) is 0 Å². The molecule has 0 atom stereocenters. The molecule has 1 aromatic rings. The average molecular weight is 225 g/mol. The number of halogens is 2. The van der Waals surface area contributed by atoms with Crippen molar-refractivity contribution in [1.82, 2.24) is 9.97 Å². The molecule has 0 aliphatic rings. The van der Waals surface area contributed by atoms with Gasteiger partial charge in [-0.15, -0.1) is 12.4 Å². The highest BCUT2D eigenvalue weighted by atomic mass is 79.9. The summed E-state index contributed by atoms with van der Waals surface area (Å²) < 4.78 is 0.696. The molecule has 1 rings (SSSR count). The van der Waals surface area contributed by atoms with Crippen molar-refractivity contribution >= 4 is 34.2 Å². The van der Waals surface area contributed by atoms with Crippen molar-refractivity contribution in [1.29, 1.82) is 0 Å². The molecule has 1 aromatic heterocycles. The van der Waals surface area contributed by atoms with E-state index in [-0.39, 0.29) is 12.4 Å². The molecule has 0 radical (unpaired) electrons. The first-order valence-electron chi connectivity index (χ1n) is 2.27. The first-order valence-corrected chi connectivity index (χ1v) is 3.06. The molecule has 0 unspecified atom stereocenters. The summed E-state index contributed by atoms with van der Waals surface area (Å²) in [6, 6.07) is 0. The van der Waals surface area contributed by atoms with Gasteiger partial charge in [-0.1, -0.05) is 0 Å². The number of nitrogens with zero attached hydrogens (tertiary/aromatic N) is 2. The highest BCUT2D eigenvalue weighted by Crippen LogP contribution is 2.03. The molecule has 0 saturated heterocycles. The van der Waals surface area contributed by atoms with Gasteiger partial charge in [0.15, 0.2) is 5.82 Å². The Bertz CT molecular complexity index is 189. The van der Waals surface area contributed by atoms with Crippen LogP contribution in [0, 0.1) is 0 Å². The van der Waals surface area contributed by atoms with Crippen LogP contribution in [-0.2, 0) is 0 Å². The molecule has 6 heteroatoms. The van der Waals surface area contributed by atoms with Crippen LogP contribution >= 0.6 is 28.3 Å². The van der Waals surface area contributed by atoms with E-state index >= 15 is 0 Å². The predicted octanol–water partition coefficient (Wildman–Crippen LogP) is 0.946. The molecule has 0 fully saturated rings. The molecule has 0 saturated carbocycles. The van der Waals surface area contributed by atoms with E-state index in [2.05, 4.69) is 31.3 Å². The van der Waals surface area contributed by atoms with Gasteiger partial charge in [0.25, 0.3) is 0 Å². The molecule has 0 aliphatic heterocycles. The van der Waals surface area contributed by atoms with Crippen LogP contribution in [0.1, 0.15) is 0 Å². The Morgan fingerprint density at radius 3 is 2.50 bits per heavy atom. The molecule has 1 heterocycles. The molecule has 3 N–H and O–H groups in total. The average Bonchev–Trinajstić information content (AvgIpc) is 1.90. The monoisotopic (exact) mass is 224 g/mol. The topological polar surface area (TPSA) is 63.8 Å². The number of nitrogens with one attached hydrogen (secondary N) is 1. The minimum Gasteiger partial charge on any atom is -0.307 e. The summed E-state index contributed by atoms with van der Waals surface area (Å²) in [4.78, 5) is 7.71. The summed E-state index contributed by atoms with van der Waals surface area (Å²) in [5, 5.41) is 0. The fourth-order valence-electron chi connectivity index (χ4n) is 0.387. The van der Waals surface area contributed by atoms with Gasteiger partial charge in [0.1, 0.15) is 4.60 Å². The van der Waals surface area contributed by atoms with Gasteiger partial charge in [0, 0.05) is 0 Å². The molecule has 0 aliphatic carbocycles. The standard InChI is InChI=1S/C4H5BrN4.ClH/c5-3-1-8-4(9-6)2-7-3;/h1-2H,6H2,(H,8,9);1H. The van der Waals surface area contributed by atoms with Crippen LogP contribution in [0.25, 0.3) is 0 Å². The van der Waals surface area contributed by atoms with E-state index in [1.54, 1.807) is 6.20 Å². The zero-order valence-electron chi connectivity index (χ0n) is 4.91. The Morgan fingerprint density at radius 1 is 1.40 bits per heavy atom. The highest BCUT2D eigenvalue weighted by molar-refractivity contribution is 9.10. The molecule has 0 amide bonds. The second-order valence-electron chi connectivity index (χ2n) is 1.37. The van der Waals surface area contributed by atoms with Crippen LogP contribution in [0.3, 0.4) is 0 Å². The first kappa shape index (κ1) is 9.61. The van der Waals surface area contributed by atoms with Crippen molar-refractivity contribution in [2.24, 2.45) is 5.84 Å². The molecular weight excluding hydrogens is 219 g/mol. The van der Waals surface area contributed by atoms with Crippen LogP contribution in [0.15, 0.2) is 17.0 Å². The number of hydrazine groups is 1. The SMILES string of the molecule is Cl.NNc1cnc(Br)cn1. The summed E-state index contributed by atoms with van der Waals surface area (Å²) in [7, 11) is 0. The van der Waals surface area contributed by atoms with E-state index in [1.165, 1.54) is 6.20 Å². The van der Waals surface area contributed by atoms with E-state index in [9.17, 15) is 0 Å². The van der Waals surface area contributed by atoms with E-state index in [0.29, 0.717) is 10.4 Å². The molecule has 4 nitrogen and oxygen atoms in total. The predicted molar refractivity (Wildman–Crippen MR) is 44.8 cm³/mol. The minimum absolute atomic E-state index is 0. The first-order chi connectivity index (χ1) is 4.33. The maximum Gasteiger partial charge on any atom is 0.158 e. The second-order valence-corrected chi connectivity index (χ2v) is 2.18. The van der Waals surface area contributed by atoms with Crippen LogP contribution < -0.4 is 11.3 Å². The Kier molecular flexibility index (Phi) is 4.26. The molecule has 0 spiro atoms. The van der Waals surface area contributed by atoms with E-state index in [0.717, 1.165) is 0 Å². The Hall–Kier alpha value is -0.390. The zero-order chi connectivity index (χ0) is 6.69. The Morgan fingerprint density at radius 2 is 2.10 bits per heavy atom. The second kappa shape index (κ2) is 4.43. The fourth-order valence-corrected chi connectivity index (χ4v) is 0.592. The molecule has 0 bridgehead atoms. The summed E-state index contributed by atoms with van der Waals surface area (Å²) in [5.74, 6) is 5.59. The third-order valence-corrected chi connectivity index (χ3v) is 1.18. The number of hydrogen-bond acceptors (Lipinski definition) is 4. The van der Waals surface area contributed by atoms with Crippen molar-refractivity contribution in [3.8, 4) is 0 Å². The van der Waals surface area contributed by atoms with Gasteiger partial charge < -0.3 is 5.43 Å². The lowest BCUT2D eigenvalue weighted by atomic mass is 10.7. The molecule has 56 valence electrons. The summed E-state index contributed by atoms with van der Waals surface area (Å²) >= 11 is 3.13. The highest BCUT2D eigenvalue weighted by Gasteiger charge is 1.88. The number of nitrogen functional groups attached to an aromatic ring is 1. The van der Waals surface area contributed by atoms with Gasteiger partial charge in [-0.2, -0.15) is 0 Å². The van der Waals surface area contributed by atoms with Crippen LogP contribution in [-0.4, -0.2) is 9.97 Å². The van der Waals surface area contributed by atoms with E-state index in [4.69, 9.17) is 5.84 Å². The van der Waals surface area contributed by atoms with E-state index < -0.39 is 0 Å². The summed E-state index contributed by atoms with van der Waals surface area (Å²) in [6.45, 7) is 0. The van der Waals surface area contributed by atoms with Gasteiger partial charge in [-0.3, -0.25) is 0 Å². The van der Waals surface area contributed by atoms with Gasteiger partial charge in [-0.05, 0) is 15.9 Å². The fraction of sp³-hybridized carbons (Fsp3) is 0. The quantitative estimate of drug-likeness (QED) is 0.552. The lowest BCUT2D eigenvalue weighted by Gasteiger charge is -1.94. The smallest absolute Gasteiger partial charge is 0.158 e. The molecular formula is C4H6BrClN4. The van der Waals surface area contributed by atoms with Crippen molar-refractivity contribution in [2.75, 3.05) is 5.43 Å². The molecule has 10 heavy (non-hydrogen) atoms. The van der Waals surface area contributed by atoms with Gasteiger partial charge in [0.05, 0.1) is 12.4 Å². The van der Waals surface area contributed by atoms with Crippen molar-refractivity contribution in [3.63, 3.8) is 0 Å². The minimum atomic E-state index is 0. The number of rotatable bonds is 1. The largest absolute Gasteiger partial charge is 0.307 e. The van der Waals surface area contributed by atoms with Crippen LogP contribution in [0.4, 0.5) is 5.82 Å². The van der Waals surface area contributed by atoms with Crippen molar-refractivity contribution in [3.05, 3.63) is 17.0 Å².